The maximum Gasteiger partial charge on any atom is 0.322 e. The number of urea groups is 1. The number of carbonyl (C=O) groups excluding carboxylic acids is 1. The molecule has 1 aliphatic rings. The molecule has 1 unspecified atom stereocenters. The maximum absolute atomic E-state index is 14.4. The lowest BCUT2D eigenvalue weighted by atomic mass is 9.94. The first-order valence-corrected chi connectivity index (χ1v) is 11.1. The fourth-order valence-electron chi connectivity index (χ4n) is 4.19. The van der Waals surface area contributed by atoms with Crippen LogP contribution in [0.1, 0.15) is 35.5 Å². The molecule has 4 aromatic rings. The highest BCUT2D eigenvalue weighted by molar-refractivity contribution is 5.86. The molecule has 5 rings (SSSR count). The Morgan fingerprint density at radius 3 is 2.51 bits per heavy atom. The molecule has 2 heterocycles. The molecule has 8 heteroatoms. The molecule has 0 aliphatic carbocycles. The van der Waals surface area contributed by atoms with Crippen molar-refractivity contribution in [3.05, 3.63) is 113 Å². The second kappa shape index (κ2) is 9.13. The molecule has 35 heavy (non-hydrogen) atoms. The second-order valence-electron chi connectivity index (χ2n) is 8.40. The van der Waals surface area contributed by atoms with Gasteiger partial charge in [-0.25, -0.2) is 13.6 Å². The highest BCUT2D eigenvalue weighted by atomic mass is 19.1. The Hall–Kier alpha value is -4.33. The summed E-state index contributed by atoms with van der Waals surface area (Å²) >= 11 is 0. The van der Waals surface area contributed by atoms with Gasteiger partial charge in [0.15, 0.2) is 0 Å². The molecular weight excluding hydrogens is 450 g/mol. The van der Waals surface area contributed by atoms with Gasteiger partial charge in [-0.2, -0.15) is 4.98 Å². The van der Waals surface area contributed by atoms with E-state index in [9.17, 15) is 13.6 Å². The van der Waals surface area contributed by atoms with Crippen LogP contribution in [0.3, 0.4) is 0 Å². The highest BCUT2D eigenvalue weighted by Crippen LogP contribution is 2.38. The van der Waals surface area contributed by atoms with Gasteiger partial charge in [-0.3, -0.25) is 4.90 Å². The molecule has 1 aliphatic heterocycles. The quantitative estimate of drug-likeness (QED) is 0.386. The van der Waals surface area contributed by atoms with Crippen LogP contribution in [0.15, 0.2) is 83.0 Å². The van der Waals surface area contributed by atoms with Crippen molar-refractivity contribution < 1.29 is 18.1 Å². The van der Waals surface area contributed by atoms with Crippen LogP contribution in [0.25, 0.3) is 17.0 Å². The summed E-state index contributed by atoms with van der Waals surface area (Å²) in [6.45, 7) is 3.74. The van der Waals surface area contributed by atoms with Crippen LogP contribution in [0, 0.1) is 18.6 Å². The van der Waals surface area contributed by atoms with Crippen molar-refractivity contribution in [3.8, 4) is 11.4 Å². The van der Waals surface area contributed by atoms with E-state index in [1.807, 2.05) is 31.2 Å². The van der Waals surface area contributed by atoms with Gasteiger partial charge in [0.05, 0.1) is 18.2 Å². The van der Waals surface area contributed by atoms with E-state index in [0.717, 1.165) is 11.1 Å². The largest absolute Gasteiger partial charge is 0.334 e. The van der Waals surface area contributed by atoms with E-state index < -0.39 is 17.9 Å². The van der Waals surface area contributed by atoms with Crippen LogP contribution in [0.4, 0.5) is 13.6 Å². The first kappa shape index (κ1) is 22.5. The van der Waals surface area contributed by atoms with Gasteiger partial charge in [0.2, 0.25) is 5.82 Å². The smallest absolute Gasteiger partial charge is 0.322 e. The summed E-state index contributed by atoms with van der Waals surface area (Å²) in [5.74, 6) is -0.181. The van der Waals surface area contributed by atoms with Gasteiger partial charge in [0.1, 0.15) is 11.6 Å². The van der Waals surface area contributed by atoms with E-state index in [0.29, 0.717) is 28.2 Å². The van der Waals surface area contributed by atoms with E-state index in [1.165, 1.54) is 23.1 Å². The van der Waals surface area contributed by atoms with Crippen LogP contribution in [-0.4, -0.2) is 21.1 Å². The summed E-state index contributed by atoms with van der Waals surface area (Å²) in [7, 11) is 0. The summed E-state index contributed by atoms with van der Waals surface area (Å²) in [6, 6.07) is 18.8. The lowest BCUT2D eigenvalue weighted by molar-refractivity contribution is 0.202. The standard InChI is InChI=1S/C27H22F2N4O2/c1-16-6-5-8-19(14-16)25-31-26(35-32-25)23-17(2)33(15-20-7-3-4-9-22(20)29)27(34)30-24(23)18-10-12-21(28)13-11-18/h3-14,24H,15H2,1-2H3,(H,30,34). The number of aromatic nitrogens is 2. The molecule has 0 fully saturated rings. The number of halogens is 2. The Balaban J connectivity index is 1.61. The predicted octanol–water partition coefficient (Wildman–Crippen LogP) is 6.02. The lowest BCUT2D eigenvalue weighted by Crippen LogP contribution is -2.45. The summed E-state index contributed by atoms with van der Waals surface area (Å²) < 4.78 is 33.6. The van der Waals surface area contributed by atoms with Gasteiger partial charge in [-0.15, -0.1) is 0 Å². The average Bonchev–Trinajstić information content (AvgIpc) is 3.33. The van der Waals surface area contributed by atoms with E-state index in [4.69, 9.17) is 4.52 Å². The van der Waals surface area contributed by atoms with E-state index in [1.54, 1.807) is 37.3 Å². The van der Waals surface area contributed by atoms with Crippen LogP contribution in [0.5, 0.6) is 0 Å². The van der Waals surface area contributed by atoms with Gasteiger partial charge in [0.25, 0.3) is 5.89 Å². The van der Waals surface area contributed by atoms with Crippen molar-refractivity contribution in [1.29, 1.82) is 0 Å². The van der Waals surface area contributed by atoms with E-state index in [2.05, 4.69) is 15.5 Å². The first-order valence-electron chi connectivity index (χ1n) is 11.1. The number of nitrogens with one attached hydrogen (secondary N) is 1. The van der Waals surface area contributed by atoms with Gasteiger partial charge >= 0.3 is 6.03 Å². The van der Waals surface area contributed by atoms with Gasteiger partial charge < -0.3 is 9.84 Å². The molecule has 1 aromatic heterocycles. The second-order valence-corrected chi connectivity index (χ2v) is 8.40. The maximum atomic E-state index is 14.4. The van der Waals surface area contributed by atoms with Crippen LogP contribution in [-0.2, 0) is 6.54 Å². The Morgan fingerprint density at radius 2 is 1.77 bits per heavy atom. The zero-order valence-electron chi connectivity index (χ0n) is 19.1. The minimum absolute atomic E-state index is 0.0167. The molecule has 0 saturated heterocycles. The van der Waals surface area contributed by atoms with Crippen molar-refractivity contribution in [1.82, 2.24) is 20.4 Å². The minimum Gasteiger partial charge on any atom is -0.334 e. The molecule has 176 valence electrons. The molecule has 2 amide bonds. The molecule has 3 aromatic carbocycles. The summed E-state index contributed by atoms with van der Waals surface area (Å²) in [5, 5.41) is 7.09. The molecular formula is C27H22F2N4O2. The predicted molar refractivity (Wildman–Crippen MR) is 127 cm³/mol. The van der Waals surface area contributed by atoms with Crippen molar-refractivity contribution in [3.63, 3.8) is 0 Å². The molecule has 0 bridgehead atoms. The average molecular weight is 472 g/mol. The fraction of sp³-hybridized carbons (Fsp3) is 0.148. The Labute approximate surface area is 200 Å². The minimum atomic E-state index is -0.661. The van der Waals surface area contributed by atoms with Crippen molar-refractivity contribution in [2.45, 2.75) is 26.4 Å². The highest BCUT2D eigenvalue weighted by Gasteiger charge is 2.36. The number of allylic oxidation sites excluding steroid dienone is 1. The fourth-order valence-corrected chi connectivity index (χ4v) is 4.19. The van der Waals surface area contributed by atoms with Gasteiger partial charge in [-0.05, 0) is 43.7 Å². The molecule has 0 spiro atoms. The Morgan fingerprint density at radius 1 is 1.00 bits per heavy atom. The summed E-state index contributed by atoms with van der Waals surface area (Å²) in [6.07, 6.45) is 0. The van der Waals surface area contributed by atoms with E-state index >= 15 is 0 Å². The number of hydrogen-bond donors (Lipinski definition) is 1. The Bertz CT molecular complexity index is 1430. The molecule has 6 nitrogen and oxygen atoms in total. The number of amides is 2. The van der Waals surface area contributed by atoms with Gasteiger partial charge in [-0.1, -0.05) is 59.3 Å². The monoisotopic (exact) mass is 472 g/mol. The van der Waals surface area contributed by atoms with Crippen molar-refractivity contribution in [2.75, 3.05) is 0 Å². The molecule has 0 saturated carbocycles. The van der Waals surface area contributed by atoms with Crippen LogP contribution >= 0.6 is 0 Å². The van der Waals surface area contributed by atoms with E-state index in [-0.39, 0.29) is 18.3 Å². The SMILES string of the molecule is CC1=C(c2nc(-c3cccc(C)c3)no2)C(c2ccc(F)cc2)NC(=O)N1Cc1ccccc1F. The topological polar surface area (TPSA) is 71.3 Å². The summed E-state index contributed by atoms with van der Waals surface area (Å²) in [4.78, 5) is 19.2. The van der Waals surface area contributed by atoms with Crippen molar-refractivity contribution in [2.24, 2.45) is 0 Å². The summed E-state index contributed by atoms with van der Waals surface area (Å²) in [5.41, 5.74) is 3.95. The van der Waals surface area contributed by atoms with Crippen LogP contribution in [0.2, 0.25) is 0 Å². The zero-order valence-corrected chi connectivity index (χ0v) is 19.1. The van der Waals surface area contributed by atoms with Gasteiger partial charge in [0, 0.05) is 16.8 Å². The number of rotatable bonds is 5. The first-order chi connectivity index (χ1) is 16.9. The zero-order chi connectivity index (χ0) is 24.5. The third-order valence-electron chi connectivity index (χ3n) is 6.02. The molecule has 1 atom stereocenters. The number of aryl methyl sites for hydroxylation is 1. The van der Waals surface area contributed by atoms with Crippen molar-refractivity contribution >= 4 is 11.6 Å². The molecule has 0 radical (unpaired) electrons. The number of hydrogen-bond acceptors (Lipinski definition) is 4. The number of carbonyl (C=O) groups is 1. The third-order valence-corrected chi connectivity index (χ3v) is 6.02. The Kier molecular flexibility index (Phi) is 5.86. The third kappa shape index (κ3) is 4.42. The number of benzene rings is 3. The molecule has 1 N–H and O–H groups in total. The van der Waals surface area contributed by atoms with Crippen LogP contribution < -0.4 is 5.32 Å². The number of nitrogens with zero attached hydrogens (tertiary/aromatic N) is 3. The lowest BCUT2D eigenvalue weighted by Gasteiger charge is -2.35. The normalized spacial score (nSPS) is 15.9.